The molecule has 1 aromatic carbocycles. The highest BCUT2D eigenvalue weighted by Crippen LogP contribution is 2.29. The number of anilines is 2. The highest BCUT2D eigenvalue weighted by atomic mass is 32.2. The number of benzene rings is 1. The SMILES string of the molecule is C=CCNc1nnc(S[C@@H](C)C(=O)Nc2ccc(C)c(F)c2)s1. The number of carbonyl (C=O) groups is 1. The quantitative estimate of drug-likeness (QED) is 0.587. The van der Waals surface area contributed by atoms with Gasteiger partial charge < -0.3 is 10.6 Å². The van der Waals surface area contributed by atoms with Crippen molar-refractivity contribution in [1.29, 1.82) is 0 Å². The maximum absolute atomic E-state index is 13.5. The molecule has 0 saturated heterocycles. The third kappa shape index (κ3) is 5.04. The number of aryl methyl sites for hydroxylation is 1. The van der Waals surface area contributed by atoms with Gasteiger partial charge in [0.2, 0.25) is 11.0 Å². The second kappa shape index (κ2) is 8.07. The first-order valence-corrected chi connectivity index (χ1v) is 8.61. The number of amides is 1. The Kier molecular flexibility index (Phi) is 6.12. The van der Waals surface area contributed by atoms with E-state index in [1.165, 1.54) is 29.2 Å². The fraction of sp³-hybridized carbons (Fsp3) is 0.267. The van der Waals surface area contributed by atoms with E-state index in [-0.39, 0.29) is 17.0 Å². The first-order valence-electron chi connectivity index (χ1n) is 6.91. The van der Waals surface area contributed by atoms with E-state index in [9.17, 15) is 9.18 Å². The van der Waals surface area contributed by atoms with Crippen LogP contribution in [-0.2, 0) is 4.79 Å². The van der Waals surface area contributed by atoms with Crippen molar-refractivity contribution in [2.75, 3.05) is 17.2 Å². The average Bonchev–Trinajstić information content (AvgIpc) is 2.96. The van der Waals surface area contributed by atoms with Crippen molar-refractivity contribution in [1.82, 2.24) is 10.2 Å². The number of aromatic nitrogens is 2. The smallest absolute Gasteiger partial charge is 0.237 e. The lowest BCUT2D eigenvalue weighted by Crippen LogP contribution is -2.22. The van der Waals surface area contributed by atoms with Crippen molar-refractivity contribution >= 4 is 39.8 Å². The molecular formula is C15H17FN4OS2. The van der Waals surface area contributed by atoms with Crippen LogP contribution in [0.5, 0.6) is 0 Å². The van der Waals surface area contributed by atoms with E-state index in [4.69, 9.17) is 0 Å². The number of halogens is 1. The maximum Gasteiger partial charge on any atom is 0.237 e. The summed E-state index contributed by atoms with van der Waals surface area (Å²) in [6.07, 6.45) is 1.73. The molecule has 0 bridgehead atoms. The third-order valence-corrected chi connectivity index (χ3v) is 4.96. The summed E-state index contributed by atoms with van der Waals surface area (Å²) in [5.41, 5.74) is 0.981. The van der Waals surface area contributed by atoms with Crippen molar-refractivity contribution in [2.45, 2.75) is 23.4 Å². The molecule has 0 radical (unpaired) electrons. The lowest BCUT2D eigenvalue weighted by molar-refractivity contribution is -0.115. The molecule has 0 aliphatic carbocycles. The van der Waals surface area contributed by atoms with E-state index >= 15 is 0 Å². The molecule has 2 N–H and O–H groups in total. The van der Waals surface area contributed by atoms with Crippen LogP contribution in [0.3, 0.4) is 0 Å². The fourth-order valence-corrected chi connectivity index (χ4v) is 3.51. The van der Waals surface area contributed by atoms with Gasteiger partial charge in [-0.2, -0.15) is 0 Å². The molecule has 0 unspecified atom stereocenters. The lowest BCUT2D eigenvalue weighted by Gasteiger charge is -2.10. The number of hydrogen-bond donors (Lipinski definition) is 2. The van der Waals surface area contributed by atoms with E-state index in [2.05, 4.69) is 27.4 Å². The second-order valence-corrected chi connectivity index (χ2v) is 7.32. The summed E-state index contributed by atoms with van der Waals surface area (Å²) >= 11 is 2.68. The van der Waals surface area contributed by atoms with Gasteiger partial charge in [-0.1, -0.05) is 35.2 Å². The van der Waals surface area contributed by atoms with E-state index < -0.39 is 0 Å². The molecule has 0 aliphatic rings. The van der Waals surface area contributed by atoms with E-state index in [0.29, 0.717) is 27.3 Å². The molecule has 122 valence electrons. The Morgan fingerprint density at radius 3 is 3.00 bits per heavy atom. The molecule has 1 aromatic heterocycles. The number of nitrogens with one attached hydrogen (secondary N) is 2. The Morgan fingerprint density at radius 2 is 2.30 bits per heavy atom. The molecule has 2 rings (SSSR count). The van der Waals surface area contributed by atoms with Crippen LogP contribution in [0.1, 0.15) is 12.5 Å². The van der Waals surface area contributed by atoms with Crippen molar-refractivity contribution in [3.63, 3.8) is 0 Å². The lowest BCUT2D eigenvalue weighted by atomic mass is 10.2. The zero-order valence-electron chi connectivity index (χ0n) is 12.8. The molecule has 1 atom stereocenters. The first-order chi connectivity index (χ1) is 11.0. The van der Waals surface area contributed by atoms with Crippen LogP contribution in [0.2, 0.25) is 0 Å². The summed E-state index contributed by atoms with van der Waals surface area (Å²) < 4.78 is 14.2. The minimum absolute atomic E-state index is 0.214. The van der Waals surface area contributed by atoms with Crippen LogP contribution >= 0.6 is 23.1 Å². The van der Waals surface area contributed by atoms with Crippen LogP contribution in [0, 0.1) is 12.7 Å². The summed E-state index contributed by atoms with van der Waals surface area (Å²) in [7, 11) is 0. The van der Waals surface area contributed by atoms with Gasteiger partial charge in [0, 0.05) is 12.2 Å². The van der Waals surface area contributed by atoms with Gasteiger partial charge >= 0.3 is 0 Å². The minimum atomic E-state index is -0.375. The largest absolute Gasteiger partial charge is 0.357 e. The molecule has 0 aliphatic heterocycles. The Balaban J connectivity index is 1.92. The molecule has 23 heavy (non-hydrogen) atoms. The highest BCUT2D eigenvalue weighted by molar-refractivity contribution is 8.02. The van der Waals surface area contributed by atoms with Gasteiger partial charge in [-0.25, -0.2) is 4.39 Å². The van der Waals surface area contributed by atoms with Gasteiger partial charge in [0.05, 0.1) is 5.25 Å². The Bertz CT molecular complexity index is 705. The Hall–Kier alpha value is -1.93. The van der Waals surface area contributed by atoms with Crippen LogP contribution in [0.4, 0.5) is 15.2 Å². The van der Waals surface area contributed by atoms with Gasteiger partial charge in [0.15, 0.2) is 4.34 Å². The monoisotopic (exact) mass is 352 g/mol. The Labute approximate surface area is 142 Å². The summed E-state index contributed by atoms with van der Waals surface area (Å²) in [6.45, 7) is 7.66. The number of hydrogen-bond acceptors (Lipinski definition) is 6. The topological polar surface area (TPSA) is 66.9 Å². The van der Waals surface area contributed by atoms with Crippen LogP contribution < -0.4 is 10.6 Å². The molecule has 8 heteroatoms. The first kappa shape index (κ1) is 17.4. The standard InChI is InChI=1S/C15H17FN4OS2/c1-4-7-17-14-19-20-15(23-14)22-10(3)13(21)18-11-6-5-9(2)12(16)8-11/h4-6,8,10H,1,7H2,2-3H3,(H,17,19)(H,18,21)/t10-/m0/s1. The summed E-state index contributed by atoms with van der Waals surface area (Å²) in [4.78, 5) is 12.2. The Morgan fingerprint density at radius 1 is 1.52 bits per heavy atom. The average molecular weight is 352 g/mol. The highest BCUT2D eigenvalue weighted by Gasteiger charge is 2.17. The molecule has 0 spiro atoms. The van der Waals surface area contributed by atoms with Crippen LogP contribution in [0.25, 0.3) is 0 Å². The van der Waals surface area contributed by atoms with Gasteiger partial charge in [-0.05, 0) is 31.5 Å². The summed E-state index contributed by atoms with van der Waals surface area (Å²) in [5.74, 6) is -0.556. The van der Waals surface area contributed by atoms with Crippen molar-refractivity contribution in [3.8, 4) is 0 Å². The zero-order valence-corrected chi connectivity index (χ0v) is 14.4. The maximum atomic E-state index is 13.5. The zero-order chi connectivity index (χ0) is 16.8. The molecule has 0 fully saturated rings. The molecular weight excluding hydrogens is 335 g/mol. The van der Waals surface area contributed by atoms with E-state index in [0.717, 1.165) is 0 Å². The number of rotatable bonds is 7. The molecule has 0 saturated carbocycles. The molecule has 1 amide bonds. The van der Waals surface area contributed by atoms with Gasteiger partial charge in [-0.15, -0.1) is 16.8 Å². The number of carbonyl (C=O) groups excluding carboxylic acids is 1. The van der Waals surface area contributed by atoms with Crippen molar-refractivity contribution in [3.05, 3.63) is 42.2 Å². The predicted octanol–water partition coefficient (Wildman–Crippen LogP) is 3.70. The van der Waals surface area contributed by atoms with Crippen LogP contribution in [0.15, 0.2) is 35.2 Å². The third-order valence-electron chi connectivity index (χ3n) is 2.89. The van der Waals surface area contributed by atoms with Crippen molar-refractivity contribution < 1.29 is 9.18 Å². The van der Waals surface area contributed by atoms with Gasteiger partial charge in [0.1, 0.15) is 5.82 Å². The summed E-state index contributed by atoms with van der Waals surface area (Å²) in [5, 5.41) is 14.0. The number of nitrogens with zero attached hydrogens (tertiary/aromatic N) is 2. The fourth-order valence-electron chi connectivity index (χ4n) is 1.61. The predicted molar refractivity (Wildman–Crippen MR) is 93.7 cm³/mol. The van der Waals surface area contributed by atoms with Crippen LogP contribution in [-0.4, -0.2) is 27.9 Å². The second-order valence-electron chi connectivity index (χ2n) is 4.76. The molecule has 5 nitrogen and oxygen atoms in total. The van der Waals surface area contributed by atoms with E-state index in [1.54, 1.807) is 32.1 Å². The minimum Gasteiger partial charge on any atom is -0.357 e. The van der Waals surface area contributed by atoms with E-state index in [1.807, 2.05) is 0 Å². The van der Waals surface area contributed by atoms with Gasteiger partial charge in [-0.3, -0.25) is 4.79 Å². The van der Waals surface area contributed by atoms with Gasteiger partial charge in [0.25, 0.3) is 0 Å². The number of thioether (sulfide) groups is 1. The molecule has 2 aromatic rings. The molecule has 1 heterocycles. The normalized spacial score (nSPS) is 11.8. The summed E-state index contributed by atoms with van der Waals surface area (Å²) in [6, 6.07) is 4.62. The van der Waals surface area contributed by atoms with Crippen molar-refractivity contribution in [2.24, 2.45) is 0 Å².